The highest BCUT2D eigenvalue weighted by Crippen LogP contribution is 2.26. The van der Waals surface area contributed by atoms with Crippen molar-refractivity contribution in [2.24, 2.45) is 5.92 Å². The molecule has 0 aromatic carbocycles. The normalized spacial score (nSPS) is 22.4. The zero-order valence-corrected chi connectivity index (χ0v) is 7.69. The topological polar surface area (TPSA) is 20.3 Å². The first-order valence-corrected chi connectivity index (χ1v) is 4.11. The molecule has 0 aromatic heterocycles. The van der Waals surface area contributed by atoms with Gasteiger partial charge >= 0.3 is 12.1 Å². The molecule has 0 N–H and O–H groups in total. The Balaban J connectivity index is 2.76. The summed E-state index contributed by atoms with van der Waals surface area (Å²) >= 11 is 0. The molecule has 1 amide bonds. The monoisotopic (exact) mass is 205 g/mol. The summed E-state index contributed by atoms with van der Waals surface area (Å²) in [5.74, 6) is -1.87. The van der Waals surface area contributed by atoms with Crippen molar-refractivity contribution in [3.8, 4) is 0 Å². The lowest BCUT2D eigenvalue weighted by molar-refractivity contribution is -0.184. The molecular formula is C9H10F3NO. The second kappa shape index (κ2) is 3.50. The molecule has 0 bridgehead atoms. The summed E-state index contributed by atoms with van der Waals surface area (Å²) in [4.78, 5) is 11.6. The molecule has 1 unspecified atom stereocenters. The van der Waals surface area contributed by atoms with Crippen LogP contribution >= 0.6 is 0 Å². The predicted octanol–water partition coefficient (Wildman–Crippen LogP) is 1.74. The SMILES string of the molecule is C=C=C1CN(C(=O)C(F)(F)F)CC1C. The lowest BCUT2D eigenvalue weighted by Gasteiger charge is -2.16. The number of hydrogen-bond acceptors (Lipinski definition) is 1. The van der Waals surface area contributed by atoms with Crippen molar-refractivity contribution in [3.63, 3.8) is 0 Å². The van der Waals surface area contributed by atoms with Crippen LogP contribution in [0.5, 0.6) is 0 Å². The molecule has 2 nitrogen and oxygen atoms in total. The molecule has 1 fully saturated rings. The minimum absolute atomic E-state index is 0.0109. The highest BCUT2D eigenvalue weighted by Gasteiger charge is 2.44. The van der Waals surface area contributed by atoms with Gasteiger partial charge in [0.25, 0.3) is 0 Å². The van der Waals surface area contributed by atoms with Crippen LogP contribution in [0.15, 0.2) is 17.9 Å². The molecule has 0 aliphatic carbocycles. The molecule has 1 rings (SSSR count). The Morgan fingerprint density at radius 2 is 2.21 bits per heavy atom. The first-order valence-electron chi connectivity index (χ1n) is 4.11. The van der Waals surface area contributed by atoms with E-state index in [0.717, 1.165) is 4.90 Å². The number of amides is 1. The third kappa shape index (κ3) is 1.99. The van der Waals surface area contributed by atoms with Crippen molar-refractivity contribution < 1.29 is 18.0 Å². The molecule has 1 heterocycles. The van der Waals surface area contributed by atoms with Crippen LogP contribution in [0.2, 0.25) is 0 Å². The second-order valence-corrected chi connectivity index (χ2v) is 3.29. The minimum Gasteiger partial charge on any atom is -0.330 e. The largest absolute Gasteiger partial charge is 0.471 e. The fourth-order valence-electron chi connectivity index (χ4n) is 1.43. The van der Waals surface area contributed by atoms with E-state index in [1.807, 2.05) is 0 Å². The zero-order chi connectivity index (χ0) is 10.9. The molecule has 0 aromatic rings. The Morgan fingerprint density at radius 3 is 2.57 bits per heavy atom. The van der Waals surface area contributed by atoms with E-state index in [4.69, 9.17) is 0 Å². The standard InChI is InChI=1S/C9H10F3NO/c1-3-7-5-13(4-6(7)2)8(14)9(10,11)12/h6H,1,4-5H2,2H3. The Bertz CT molecular complexity index is 302. The number of nitrogens with zero attached hydrogens (tertiary/aromatic N) is 1. The van der Waals surface area contributed by atoms with E-state index in [1.54, 1.807) is 6.92 Å². The summed E-state index contributed by atoms with van der Waals surface area (Å²) in [5, 5.41) is 0. The molecule has 5 heteroatoms. The lowest BCUT2D eigenvalue weighted by atomic mass is 10.1. The summed E-state index contributed by atoms with van der Waals surface area (Å²) in [5.41, 5.74) is 3.21. The van der Waals surface area contributed by atoms with Crippen LogP contribution in [0.25, 0.3) is 0 Å². The molecule has 14 heavy (non-hydrogen) atoms. The van der Waals surface area contributed by atoms with Gasteiger partial charge in [-0.1, -0.05) is 13.5 Å². The van der Waals surface area contributed by atoms with Gasteiger partial charge in [-0.25, -0.2) is 0 Å². The lowest BCUT2D eigenvalue weighted by Crippen LogP contribution is -2.39. The van der Waals surface area contributed by atoms with Crippen LogP contribution in [-0.2, 0) is 4.79 Å². The van der Waals surface area contributed by atoms with Crippen LogP contribution in [-0.4, -0.2) is 30.1 Å². The smallest absolute Gasteiger partial charge is 0.330 e. The first kappa shape index (κ1) is 10.9. The molecule has 1 atom stereocenters. The van der Waals surface area contributed by atoms with Gasteiger partial charge in [0.1, 0.15) is 0 Å². The fourth-order valence-corrected chi connectivity index (χ4v) is 1.43. The van der Waals surface area contributed by atoms with E-state index in [1.165, 1.54) is 0 Å². The van der Waals surface area contributed by atoms with E-state index in [0.29, 0.717) is 5.57 Å². The van der Waals surface area contributed by atoms with Gasteiger partial charge in [-0.3, -0.25) is 4.79 Å². The Morgan fingerprint density at radius 1 is 1.64 bits per heavy atom. The van der Waals surface area contributed by atoms with Crippen LogP contribution in [0.4, 0.5) is 13.2 Å². The van der Waals surface area contributed by atoms with Crippen molar-refractivity contribution in [1.82, 2.24) is 4.90 Å². The van der Waals surface area contributed by atoms with Gasteiger partial charge in [0.05, 0.1) is 0 Å². The highest BCUT2D eigenvalue weighted by atomic mass is 19.4. The van der Waals surface area contributed by atoms with Gasteiger partial charge in [0, 0.05) is 19.0 Å². The highest BCUT2D eigenvalue weighted by molar-refractivity contribution is 5.82. The van der Waals surface area contributed by atoms with E-state index >= 15 is 0 Å². The summed E-state index contributed by atoms with van der Waals surface area (Å²) in [6, 6.07) is 0. The fraction of sp³-hybridized carbons (Fsp3) is 0.556. The van der Waals surface area contributed by atoms with E-state index in [-0.39, 0.29) is 19.0 Å². The average Bonchev–Trinajstić information content (AvgIpc) is 2.43. The van der Waals surface area contributed by atoms with Crippen molar-refractivity contribution in [2.45, 2.75) is 13.1 Å². The van der Waals surface area contributed by atoms with Crippen LogP contribution in [0.3, 0.4) is 0 Å². The first-order chi connectivity index (χ1) is 6.36. The Hall–Kier alpha value is -1.22. The molecule has 0 spiro atoms. The van der Waals surface area contributed by atoms with Crippen LogP contribution < -0.4 is 0 Å². The predicted molar refractivity (Wildman–Crippen MR) is 44.5 cm³/mol. The van der Waals surface area contributed by atoms with E-state index in [9.17, 15) is 18.0 Å². The quantitative estimate of drug-likeness (QED) is 0.551. The molecule has 78 valence electrons. The van der Waals surface area contributed by atoms with Crippen LogP contribution in [0.1, 0.15) is 6.92 Å². The van der Waals surface area contributed by atoms with Gasteiger partial charge < -0.3 is 4.90 Å². The summed E-state index contributed by atoms with van der Waals surface area (Å²) in [7, 11) is 0. The molecule has 1 aliphatic heterocycles. The average molecular weight is 205 g/mol. The third-order valence-electron chi connectivity index (χ3n) is 2.21. The van der Waals surface area contributed by atoms with Gasteiger partial charge in [-0.2, -0.15) is 13.2 Å². The number of hydrogen-bond donors (Lipinski definition) is 0. The number of alkyl halides is 3. The van der Waals surface area contributed by atoms with Crippen LogP contribution in [0, 0.1) is 5.92 Å². The third-order valence-corrected chi connectivity index (χ3v) is 2.21. The number of rotatable bonds is 0. The molecule has 0 saturated carbocycles. The maximum absolute atomic E-state index is 12.0. The maximum atomic E-state index is 12.0. The maximum Gasteiger partial charge on any atom is 0.471 e. The molecule has 1 saturated heterocycles. The Labute approximate surface area is 79.7 Å². The van der Waals surface area contributed by atoms with Gasteiger partial charge in [-0.15, -0.1) is 5.73 Å². The summed E-state index contributed by atoms with van der Waals surface area (Å²) in [6.45, 7) is 5.20. The van der Waals surface area contributed by atoms with Crippen molar-refractivity contribution >= 4 is 5.91 Å². The minimum atomic E-state index is -4.78. The molecule has 0 radical (unpaired) electrons. The number of halogens is 3. The summed E-state index contributed by atoms with van der Waals surface area (Å²) in [6.07, 6.45) is -4.78. The van der Waals surface area contributed by atoms with E-state index in [2.05, 4.69) is 12.3 Å². The Kier molecular flexibility index (Phi) is 2.71. The summed E-state index contributed by atoms with van der Waals surface area (Å²) < 4.78 is 36.1. The van der Waals surface area contributed by atoms with Crippen molar-refractivity contribution in [3.05, 3.63) is 17.9 Å². The van der Waals surface area contributed by atoms with Crippen molar-refractivity contribution in [1.29, 1.82) is 0 Å². The molecule has 1 aliphatic rings. The zero-order valence-electron chi connectivity index (χ0n) is 7.69. The van der Waals surface area contributed by atoms with Gasteiger partial charge in [0.2, 0.25) is 0 Å². The number of likely N-dealkylation sites (tertiary alicyclic amines) is 1. The molecular weight excluding hydrogens is 195 g/mol. The van der Waals surface area contributed by atoms with Gasteiger partial charge in [-0.05, 0) is 5.57 Å². The second-order valence-electron chi connectivity index (χ2n) is 3.29. The number of carbonyl (C=O) groups excluding carboxylic acids is 1. The van der Waals surface area contributed by atoms with E-state index < -0.39 is 12.1 Å². The van der Waals surface area contributed by atoms with Gasteiger partial charge in [0.15, 0.2) is 0 Å². The van der Waals surface area contributed by atoms with Crippen molar-refractivity contribution in [2.75, 3.05) is 13.1 Å². The number of carbonyl (C=O) groups is 1.